The molecule has 1 aliphatic heterocycles. The number of benzene rings is 2. The number of aryl methyl sites for hydroxylation is 1. The molecule has 2 heterocycles. The number of para-hydroxylation sites is 1. The van der Waals surface area contributed by atoms with Crippen molar-refractivity contribution in [2.24, 2.45) is 0 Å². The summed E-state index contributed by atoms with van der Waals surface area (Å²) in [5.74, 6) is -0.486. The molecule has 1 aliphatic rings. The third-order valence-corrected chi connectivity index (χ3v) is 5.93. The van der Waals surface area contributed by atoms with Crippen molar-refractivity contribution in [3.63, 3.8) is 0 Å². The maximum Gasteiger partial charge on any atom is 0.329 e. The van der Waals surface area contributed by atoms with Gasteiger partial charge in [-0.2, -0.15) is 0 Å². The number of rotatable bonds is 7. The van der Waals surface area contributed by atoms with Gasteiger partial charge < -0.3 is 15.1 Å². The Hall–Kier alpha value is -4.25. The summed E-state index contributed by atoms with van der Waals surface area (Å²) in [5, 5.41) is 16.1. The molecular weight excluding hydrogens is 520 g/mol. The third kappa shape index (κ3) is 5.14. The van der Waals surface area contributed by atoms with Gasteiger partial charge in [0.2, 0.25) is 5.91 Å². The van der Waals surface area contributed by atoms with E-state index in [4.69, 9.17) is 4.42 Å². The average Bonchev–Trinajstić information content (AvgIpc) is 3.39. The number of furan rings is 1. The predicted octanol–water partition coefficient (Wildman–Crippen LogP) is 4.71. The lowest BCUT2D eigenvalue weighted by molar-refractivity contribution is -0.384. The fourth-order valence-electron chi connectivity index (χ4n) is 3.53. The SMILES string of the molecule is CCc1ccccc1NC(=O)CN1C(=O)N/C(=C\c2ccc(-c3ccc([N+](=O)[O-])cc3Br)o2)C1=O. The Morgan fingerprint density at radius 1 is 1.20 bits per heavy atom. The lowest BCUT2D eigenvalue weighted by atomic mass is 10.1. The summed E-state index contributed by atoms with van der Waals surface area (Å²) in [6.07, 6.45) is 2.07. The Labute approximate surface area is 207 Å². The highest BCUT2D eigenvalue weighted by Gasteiger charge is 2.35. The van der Waals surface area contributed by atoms with Gasteiger partial charge in [0.25, 0.3) is 11.6 Å². The van der Waals surface area contributed by atoms with E-state index in [-0.39, 0.29) is 17.1 Å². The monoisotopic (exact) mass is 538 g/mol. The summed E-state index contributed by atoms with van der Waals surface area (Å²) in [5.41, 5.74) is 2.03. The van der Waals surface area contributed by atoms with Crippen LogP contribution in [0.3, 0.4) is 0 Å². The van der Waals surface area contributed by atoms with Gasteiger partial charge in [-0.3, -0.25) is 19.7 Å². The highest BCUT2D eigenvalue weighted by Crippen LogP contribution is 2.33. The number of hydrogen-bond donors (Lipinski definition) is 2. The number of nitrogens with one attached hydrogen (secondary N) is 2. The number of carbonyl (C=O) groups excluding carboxylic acids is 3. The van der Waals surface area contributed by atoms with E-state index in [2.05, 4.69) is 26.6 Å². The smallest absolute Gasteiger partial charge is 0.329 e. The number of anilines is 1. The van der Waals surface area contributed by atoms with E-state index in [0.717, 1.165) is 10.5 Å². The second-order valence-electron chi connectivity index (χ2n) is 7.56. The van der Waals surface area contributed by atoms with Crippen molar-refractivity contribution in [3.05, 3.63) is 86.2 Å². The number of halogens is 1. The van der Waals surface area contributed by atoms with Crippen molar-refractivity contribution in [1.82, 2.24) is 10.2 Å². The third-order valence-electron chi connectivity index (χ3n) is 5.28. The summed E-state index contributed by atoms with van der Waals surface area (Å²) >= 11 is 3.29. The van der Waals surface area contributed by atoms with Crippen LogP contribution in [0.15, 0.2) is 69.2 Å². The van der Waals surface area contributed by atoms with Crippen LogP contribution < -0.4 is 10.6 Å². The number of hydrogen-bond acceptors (Lipinski definition) is 6. The average molecular weight is 539 g/mol. The van der Waals surface area contributed by atoms with Crippen LogP contribution in [0.2, 0.25) is 0 Å². The maximum absolute atomic E-state index is 12.7. The van der Waals surface area contributed by atoms with E-state index >= 15 is 0 Å². The van der Waals surface area contributed by atoms with Gasteiger partial charge in [-0.05, 0) is 52.2 Å². The minimum atomic E-state index is -0.718. The number of imide groups is 1. The van der Waals surface area contributed by atoms with Crippen LogP contribution >= 0.6 is 15.9 Å². The summed E-state index contributed by atoms with van der Waals surface area (Å²) in [4.78, 5) is 48.8. The fourth-order valence-corrected chi connectivity index (χ4v) is 4.10. The molecule has 1 saturated heterocycles. The zero-order valence-electron chi connectivity index (χ0n) is 18.4. The van der Waals surface area contributed by atoms with Crippen molar-refractivity contribution in [2.75, 3.05) is 11.9 Å². The van der Waals surface area contributed by atoms with E-state index in [1.165, 1.54) is 24.3 Å². The zero-order valence-corrected chi connectivity index (χ0v) is 20.0. The normalized spacial score (nSPS) is 14.3. The van der Waals surface area contributed by atoms with Crippen LogP contribution in [0.25, 0.3) is 17.4 Å². The summed E-state index contributed by atoms with van der Waals surface area (Å²) in [6.45, 7) is 1.51. The molecule has 4 amide bonds. The first-order valence-electron chi connectivity index (χ1n) is 10.5. The number of carbonyl (C=O) groups is 3. The van der Waals surface area contributed by atoms with Crippen LogP contribution in [0, 0.1) is 10.1 Å². The standard InChI is InChI=1S/C24H19BrN4O6/c1-2-14-5-3-4-6-19(14)26-22(30)13-28-23(31)20(27-24(28)32)12-16-8-10-21(35-16)17-9-7-15(29(33)34)11-18(17)25/h3-12H,2,13H2,1H3,(H,26,30)(H,27,32)/b20-12-. The molecule has 0 unspecified atom stereocenters. The van der Waals surface area contributed by atoms with Gasteiger partial charge in [-0.25, -0.2) is 9.69 Å². The molecule has 10 nitrogen and oxygen atoms in total. The Balaban J connectivity index is 1.47. The molecule has 3 aromatic rings. The van der Waals surface area contributed by atoms with Gasteiger partial charge in [0.1, 0.15) is 23.8 Å². The second kappa shape index (κ2) is 9.94. The Morgan fingerprint density at radius 2 is 1.97 bits per heavy atom. The van der Waals surface area contributed by atoms with E-state index in [1.807, 2.05) is 19.1 Å². The Morgan fingerprint density at radius 3 is 2.69 bits per heavy atom. The predicted molar refractivity (Wildman–Crippen MR) is 131 cm³/mol. The van der Waals surface area contributed by atoms with Crippen molar-refractivity contribution in [3.8, 4) is 11.3 Å². The summed E-state index contributed by atoms with van der Waals surface area (Å²) < 4.78 is 6.20. The minimum absolute atomic E-state index is 0.0413. The van der Waals surface area contributed by atoms with Crippen LogP contribution in [0.4, 0.5) is 16.2 Å². The van der Waals surface area contributed by atoms with Gasteiger partial charge in [0, 0.05) is 33.9 Å². The van der Waals surface area contributed by atoms with Crippen molar-refractivity contribution in [1.29, 1.82) is 0 Å². The van der Waals surface area contributed by atoms with E-state index in [9.17, 15) is 24.5 Å². The second-order valence-corrected chi connectivity index (χ2v) is 8.42. The molecular formula is C24H19BrN4O6. The molecule has 35 heavy (non-hydrogen) atoms. The molecule has 0 radical (unpaired) electrons. The van der Waals surface area contributed by atoms with Crippen LogP contribution in [-0.2, 0) is 16.0 Å². The number of amides is 4. The molecule has 0 atom stereocenters. The van der Waals surface area contributed by atoms with Crippen molar-refractivity contribution < 1.29 is 23.7 Å². The van der Waals surface area contributed by atoms with Crippen molar-refractivity contribution >= 4 is 51.2 Å². The van der Waals surface area contributed by atoms with Gasteiger partial charge in [-0.15, -0.1) is 0 Å². The van der Waals surface area contributed by atoms with Gasteiger partial charge >= 0.3 is 6.03 Å². The van der Waals surface area contributed by atoms with E-state index in [1.54, 1.807) is 24.3 Å². The fraction of sp³-hybridized carbons (Fsp3) is 0.125. The molecule has 2 aromatic carbocycles. The lowest BCUT2D eigenvalue weighted by Crippen LogP contribution is -2.38. The van der Waals surface area contributed by atoms with Gasteiger partial charge in [0.05, 0.1) is 4.92 Å². The quantitative estimate of drug-likeness (QED) is 0.193. The van der Waals surface area contributed by atoms with Gasteiger partial charge in [-0.1, -0.05) is 25.1 Å². The van der Waals surface area contributed by atoms with E-state index in [0.29, 0.717) is 27.9 Å². The molecule has 0 aliphatic carbocycles. The maximum atomic E-state index is 12.7. The molecule has 2 N–H and O–H groups in total. The molecule has 0 bridgehead atoms. The molecule has 0 spiro atoms. The Kier molecular flexibility index (Phi) is 6.78. The number of urea groups is 1. The topological polar surface area (TPSA) is 135 Å². The first-order chi connectivity index (χ1) is 16.8. The molecule has 178 valence electrons. The first kappa shape index (κ1) is 23.9. The largest absolute Gasteiger partial charge is 0.457 e. The van der Waals surface area contributed by atoms with Crippen LogP contribution in [0.1, 0.15) is 18.2 Å². The number of nitro benzene ring substituents is 1. The van der Waals surface area contributed by atoms with Crippen LogP contribution in [0.5, 0.6) is 0 Å². The molecule has 1 fully saturated rings. The molecule has 4 rings (SSSR count). The zero-order chi connectivity index (χ0) is 25.1. The van der Waals surface area contributed by atoms with Crippen molar-refractivity contribution in [2.45, 2.75) is 13.3 Å². The molecule has 1 aromatic heterocycles. The molecule has 11 heteroatoms. The number of non-ortho nitro benzene ring substituents is 1. The summed E-state index contributed by atoms with van der Waals surface area (Å²) in [6, 6.07) is 14.1. The Bertz CT molecular complexity index is 1380. The van der Waals surface area contributed by atoms with E-state index < -0.39 is 29.3 Å². The minimum Gasteiger partial charge on any atom is -0.457 e. The number of nitro groups is 1. The highest BCUT2D eigenvalue weighted by molar-refractivity contribution is 9.10. The van der Waals surface area contributed by atoms with Gasteiger partial charge in [0.15, 0.2) is 0 Å². The molecule has 0 saturated carbocycles. The lowest BCUT2D eigenvalue weighted by Gasteiger charge is -2.13. The first-order valence-corrected chi connectivity index (χ1v) is 11.3. The highest BCUT2D eigenvalue weighted by atomic mass is 79.9. The van der Waals surface area contributed by atoms with Crippen LogP contribution in [-0.4, -0.2) is 34.2 Å². The summed E-state index contributed by atoms with van der Waals surface area (Å²) in [7, 11) is 0. The number of nitrogens with zero attached hydrogens (tertiary/aromatic N) is 2.